The minimum absolute atomic E-state index is 0.213. The molecule has 0 saturated heterocycles. The van der Waals surface area contributed by atoms with Crippen LogP contribution in [0.5, 0.6) is 5.75 Å². The molecule has 7 heteroatoms. The first-order valence-corrected chi connectivity index (χ1v) is 7.84. The van der Waals surface area contributed by atoms with Crippen LogP contribution in [0.15, 0.2) is 59.3 Å². The molecule has 0 amide bonds. The van der Waals surface area contributed by atoms with E-state index in [4.69, 9.17) is 9.15 Å². The van der Waals surface area contributed by atoms with Crippen molar-refractivity contribution in [3.05, 3.63) is 76.6 Å². The number of nitrogens with zero attached hydrogens (tertiary/aromatic N) is 3. The first-order chi connectivity index (χ1) is 12.2. The van der Waals surface area contributed by atoms with E-state index in [0.29, 0.717) is 11.6 Å². The van der Waals surface area contributed by atoms with Gasteiger partial charge >= 0.3 is 5.88 Å². The van der Waals surface area contributed by atoms with Gasteiger partial charge < -0.3 is 9.15 Å². The highest BCUT2D eigenvalue weighted by molar-refractivity contribution is 5.64. The molecule has 0 aliphatic rings. The Labute approximate surface area is 144 Å². The molecule has 0 aliphatic heterocycles. The van der Waals surface area contributed by atoms with E-state index < -0.39 is 4.92 Å². The maximum atomic E-state index is 10.7. The predicted molar refractivity (Wildman–Crippen MR) is 92.9 cm³/mol. The predicted octanol–water partition coefficient (Wildman–Crippen LogP) is 4.54. The van der Waals surface area contributed by atoms with Crippen LogP contribution in [0, 0.1) is 10.1 Å². The van der Waals surface area contributed by atoms with Gasteiger partial charge in [0.1, 0.15) is 22.3 Å². The molecule has 0 N–H and O–H groups in total. The number of furan rings is 1. The van der Waals surface area contributed by atoms with Crippen molar-refractivity contribution in [2.45, 2.75) is 19.6 Å². The van der Waals surface area contributed by atoms with E-state index in [1.807, 2.05) is 48.0 Å². The van der Waals surface area contributed by atoms with Gasteiger partial charge in [-0.25, -0.2) is 4.98 Å². The van der Waals surface area contributed by atoms with E-state index in [2.05, 4.69) is 4.98 Å². The Bertz CT molecular complexity index is 867. The molecule has 3 rings (SSSR count). The minimum atomic E-state index is -0.570. The molecule has 7 nitrogen and oxygen atoms in total. The van der Waals surface area contributed by atoms with Gasteiger partial charge in [-0.15, -0.1) is 0 Å². The average Bonchev–Trinajstić information content (AvgIpc) is 3.28. The minimum Gasteiger partial charge on any atom is -0.470 e. The first kappa shape index (κ1) is 16.5. The van der Waals surface area contributed by atoms with Crippen LogP contribution in [0.3, 0.4) is 0 Å². The molecule has 25 heavy (non-hydrogen) atoms. The van der Waals surface area contributed by atoms with Gasteiger partial charge in [-0.3, -0.25) is 14.7 Å². The molecule has 3 aromatic rings. The van der Waals surface area contributed by atoms with Crippen LogP contribution in [0.4, 0.5) is 5.88 Å². The summed E-state index contributed by atoms with van der Waals surface area (Å²) in [4.78, 5) is 14.4. The van der Waals surface area contributed by atoms with Crippen molar-refractivity contribution in [2.75, 3.05) is 0 Å². The molecule has 2 heterocycles. The highest BCUT2D eigenvalue weighted by Crippen LogP contribution is 2.22. The molecule has 1 unspecified atom stereocenters. The van der Waals surface area contributed by atoms with Crippen molar-refractivity contribution in [3.63, 3.8) is 0 Å². The molecule has 1 atom stereocenters. The highest BCUT2D eigenvalue weighted by atomic mass is 16.6. The van der Waals surface area contributed by atoms with E-state index in [-0.39, 0.29) is 12.1 Å². The van der Waals surface area contributed by atoms with Crippen LogP contribution in [-0.2, 0) is 0 Å². The summed E-state index contributed by atoms with van der Waals surface area (Å²) in [5, 5.41) is 10.7. The number of imidazole rings is 1. The maximum absolute atomic E-state index is 10.7. The molecule has 0 fully saturated rings. The van der Waals surface area contributed by atoms with E-state index in [1.165, 1.54) is 6.07 Å². The zero-order valence-corrected chi connectivity index (χ0v) is 13.6. The zero-order chi connectivity index (χ0) is 17.6. The molecule has 0 spiro atoms. The number of hydrogen-bond acceptors (Lipinski definition) is 5. The Morgan fingerprint density at radius 1 is 1.28 bits per heavy atom. The Hall–Kier alpha value is -3.35. The fourth-order valence-corrected chi connectivity index (χ4v) is 2.38. The van der Waals surface area contributed by atoms with Crippen molar-refractivity contribution >= 4 is 18.0 Å². The average molecular weight is 339 g/mol. The Morgan fingerprint density at radius 3 is 2.76 bits per heavy atom. The second-order valence-electron chi connectivity index (χ2n) is 5.25. The quantitative estimate of drug-likeness (QED) is 0.466. The monoisotopic (exact) mass is 339 g/mol. The molecule has 0 saturated carbocycles. The third kappa shape index (κ3) is 3.95. The van der Waals surface area contributed by atoms with Crippen LogP contribution in [0.1, 0.15) is 31.2 Å². The SMILES string of the molecule is CCC(Oc1ccccc1)n1ccnc1C=Cc1ccc([N+](=O)[O-])o1. The van der Waals surface area contributed by atoms with Crippen molar-refractivity contribution in [2.24, 2.45) is 0 Å². The third-order valence-corrected chi connectivity index (χ3v) is 3.56. The van der Waals surface area contributed by atoms with E-state index >= 15 is 0 Å². The van der Waals surface area contributed by atoms with Crippen molar-refractivity contribution in [3.8, 4) is 5.75 Å². The second-order valence-corrected chi connectivity index (χ2v) is 5.25. The number of para-hydroxylation sites is 1. The summed E-state index contributed by atoms with van der Waals surface area (Å²) in [6, 6.07) is 12.4. The number of hydrogen-bond donors (Lipinski definition) is 0. The van der Waals surface area contributed by atoms with Crippen LogP contribution in [0.25, 0.3) is 12.2 Å². The number of nitro groups is 1. The van der Waals surface area contributed by atoms with Crippen molar-refractivity contribution in [1.29, 1.82) is 0 Å². The molecular formula is C18H17N3O4. The van der Waals surface area contributed by atoms with Gasteiger partial charge in [-0.2, -0.15) is 0 Å². The lowest BCUT2D eigenvalue weighted by molar-refractivity contribution is -0.402. The van der Waals surface area contributed by atoms with E-state index in [1.54, 1.807) is 24.4 Å². The molecule has 128 valence electrons. The van der Waals surface area contributed by atoms with Crippen LogP contribution < -0.4 is 4.74 Å². The summed E-state index contributed by atoms with van der Waals surface area (Å²) >= 11 is 0. The number of ether oxygens (including phenoxy) is 1. The van der Waals surface area contributed by atoms with Gasteiger partial charge in [0.2, 0.25) is 0 Å². The molecule has 0 aliphatic carbocycles. The number of benzene rings is 1. The van der Waals surface area contributed by atoms with Gasteiger partial charge in [0.05, 0.1) is 6.07 Å². The normalized spacial score (nSPS) is 12.4. The molecule has 2 aromatic heterocycles. The van der Waals surface area contributed by atoms with Crippen LogP contribution in [-0.4, -0.2) is 14.5 Å². The summed E-state index contributed by atoms with van der Waals surface area (Å²) in [6.45, 7) is 2.02. The number of aromatic nitrogens is 2. The first-order valence-electron chi connectivity index (χ1n) is 7.84. The largest absolute Gasteiger partial charge is 0.470 e. The Kier molecular flexibility index (Phi) is 4.94. The van der Waals surface area contributed by atoms with Crippen molar-refractivity contribution < 1.29 is 14.1 Å². The maximum Gasteiger partial charge on any atom is 0.433 e. The highest BCUT2D eigenvalue weighted by Gasteiger charge is 2.14. The fraction of sp³-hybridized carbons (Fsp3) is 0.167. The lowest BCUT2D eigenvalue weighted by atomic mass is 10.3. The van der Waals surface area contributed by atoms with Crippen LogP contribution >= 0.6 is 0 Å². The Balaban J connectivity index is 1.78. The van der Waals surface area contributed by atoms with Gasteiger partial charge in [0, 0.05) is 18.8 Å². The van der Waals surface area contributed by atoms with Crippen LogP contribution in [0.2, 0.25) is 0 Å². The zero-order valence-electron chi connectivity index (χ0n) is 13.6. The second kappa shape index (κ2) is 7.48. The summed E-state index contributed by atoms with van der Waals surface area (Å²) in [6.07, 6.45) is 7.43. The molecular weight excluding hydrogens is 322 g/mol. The van der Waals surface area contributed by atoms with E-state index in [0.717, 1.165) is 12.2 Å². The smallest absolute Gasteiger partial charge is 0.433 e. The summed E-state index contributed by atoms with van der Waals surface area (Å²) in [5.74, 6) is 1.54. The lowest BCUT2D eigenvalue weighted by Crippen LogP contribution is -2.15. The van der Waals surface area contributed by atoms with Gasteiger partial charge in [0.25, 0.3) is 0 Å². The standard InChI is InChI=1S/C18H17N3O4/c1-2-17(24-14-6-4-3-5-7-14)20-13-12-19-16(20)10-8-15-9-11-18(25-15)21(22)23/h3-13,17H,2H2,1H3. The molecule has 1 aromatic carbocycles. The fourth-order valence-electron chi connectivity index (χ4n) is 2.38. The van der Waals surface area contributed by atoms with Crippen molar-refractivity contribution in [1.82, 2.24) is 9.55 Å². The topological polar surface area (TPSA) is 83.3 Å². The summed E-state index contributed by atoms with van der Waals surface area (Å²) < 4.78 is 13.0. The molecule has 0 bridgehead atoms. The van der Waals surface area contributed by atoms with Gasteiger partial charge in [-0.05, 0) is 30.4 Å². The van der Waals surface area contributed by atoms with Gasteiger partial charge in [-0.1, -0.05) is 25.1 Å². The summed E-state index contributed by atoms with van der Waals surface area (Å²) in [7, 11) is 0. The summed E-state index contributed by atoms with van der Waals surface area (Å²) in [5.41, 5.74) is 0. The number of rotatable bonds is 7. The van der Waals surface area contributed by atoms with E-state index in [9.17, 15) is 10.1 Å². The molecule has 0 radical (unpaired) electrons. The Morgan fingerprint density at radius 2 is 2.08 bits per heavy atom. The van der Waals surface area contributed by atoms with Gasteiger partial charge in [0.15, 0.2) is 6.23 Å². The third-order valence-electron chi connectivity index (χ3n) is 3.56. The lowest BCUT2D eigenvalue weighted by Gasteiger charge is -2.20.